The summed E-state index contributed by atoms with van der Waals surface area (Å²) in [4.78, 5) is 14.4. The van der Waals surface area contributed by atoms with Crippen LogP contribution in [0.2, 0.25) is 0 Å². The summed E-state index contributed by atoms with van der Waals surface area (Å²) in [6.45, 7) is 1.42. The number of fused-ring (bicyclic) bond motifs is 1. The SMILES string of the molecule is CN(CCNC(=O)Cc1cccc2ccccc12)c1ccccc1. The predicted octanol–water partition coefficient (Wildman–Crippen LogP) is 3.63. The van der Waals surface area contributed by atoms with Gasteiger partial charge in [0.2, 0.25) is 5.91 Å². The number of nitrogens with one attached hydrogen (secondary N) is 1. The molecule has 3 aromatic rings. The van der Waals surface area contributed by atoms with Crippen molar-refractivity contribution in [3.63, 3.8) is 0 Å². The molecule has 0 spiro atoms. The number of carbonyl (C=O) groups is 1. The zero-order valence-electron chi connectivity index (χ0n) is 13.9. The number of anilines is 1. The van der Waals surface area contributed by atoms with E-state index in [1.807, 2.05) is 49.5 Å². The second-order valence-corrected chi connectivity index (χ2v) is 5.92. The van der Waals surface area contributed by atoms with Crippen molar-refractivity contribution in [1.82, 2.24) is 5.32 Å². The first-order valence-corrected chi connectivity index (χ1v) is 8.23. The molecule has 0 bridgehead atoms. The zero-order valence-corrected chi connectivity index (χ0v) is 13.9. The van der Waals surface area contributed by atoms with Crippen molar-refractivity contribution >= 4 is 22.4 Å². The van der Waals surface area contributed by atoms with Crippen LogP contribution < -0.4 is 10.2 Å². The lowest BCUT2D eigenvalue weighted by atomic mass is 10.0. The Bertz CT molecular complexity index is 809. The molecule has 0 unspecified atom stereocenters. The fourth-order valence-electron chi connectivity index (χ4n) is 2.86. The number of para-hydroxylation sites is 1. The van der Waals surface area contributed by atoms with Crippen molar-refractivity contribution in [1.29, 1.82) is 0 Å². The molecule has 3 nitrogen and oxygen atoms in total. The number of amides is 1. The van der Waals surface area contributed by atoms with Gasteiger partial charge in [0, 0.05) is 25.8 Å². The second kappa shape index (κ2) is 7.64. The molecule has 0 saturated heterocycles. The number of hydrogen-bond acceptors (Lipinski definition) is 2. The summed E-state index contributed by atoms with van der Waals surface area (Å²) in [6, 6.07) is 24.5. The molecule has 0 radical (unpaired) electrons. The molecular weight excluding hydrogens is 296 g/mol. The van der Waals surface area contributed by atoms with Crippen LogP contribution in [0.25, 0.3) is 10.8 Å². The molecule has 24 heavy (non-hydrogen) atoms. The maximum Gasteiger partial charge on any atom is 0.224 e. The van der Waals surface area contributed by atoms with Gasteiger partial charge in [-0.25, -0.2) is 0 Å². The smallest absolute Gasteiger partial charge is 0.224 e. The lowest BCUT2D eigenvalue weighted by Gasteiger charge is -2.19. The highest BCUT2D eigenvalue weighted by Crippen LogP contribution is 2.18. The van der Waals surface area contributed by atoms with E-state index in [4.69, 9.17) is 0 Å². The quantitative estimate of drug-likeness (QED) is 0.752. The minimum atomic E-state index is 0.0628. The molecule has 0 aliphatic carbocycles. The largest absolute Gasteiger partial charge is 0.373 e. The number of nitrogens with zero attached hydrogens (tertiary/aromatic N) is 1. The van der Waals surface area contributed by atoms with E-state index in [1.165, 1.54) is 5.39 Å². The third kappa shape index (κ3) is 3.93. The minimum Gasteiger partial charge on any atom is -0.373 e. The van der Waals surface area contributed by atoms with Crippen LogP contribution >= 0.6 is 0 Å². The van der Waals surface area contributed by atoms with E-state index in [1.54, 1.807) is 0 Å². The molecule has 122 valence electrons. The number of hydrogen-bond donors (Lipinski definition) is 1. The Labute approximate surface area is 142 Å². The zero-order chi connectivity index (χ0) is 16.8. The van der Waals surface area contributed by atoms with E-state index in [0.29, 0.717) is 13.0 Å². The lowest BCUT2D eigenvalue weighted by Crippen LogP contribution is -2.33. The summed E-state index contributed by atoms with van der Waals surface area (Å²) in [7, 11) is 2.03. The number of benzene rings is 3. The van der Waals surface area contributed by atoms with E-state index < -0.39 is 0 Å². The van der Waals surface area contributed by atoms with Crippen LogP contribution in [0.5, 0.6) is 0 Å². The van der Waals surface area contributed by atoms with Gasteiger partial charge in [0.05, 0.1) is 6.42 Å². The van der Waals surface area contributed by atoms with Crippen LogP contribution in [0, 0.1) is 0 Å². The highest BCUT2D eigenvalue weighted by Gasteiger charge is 2.07. The van der Waals surface area contributed by atoms with Crippen LogP contribution in [-0.2, 0) is 11.2 Å². The standard InChI is InChI=1S/C21H22N2O/c1-23(19-11-3-2-4-12-19)15-14-22-21(24)16-18-10-7-9-17-8-5-6-13-20(17)18/h2-13H,14-16H2,1H3,(H,22,24). The molecule has 0 aliphatic rings. The van der Waals surface area contributed by atoms with Crippen LogP contribution in [0.4, 0.5) is 5.69 Å². The van der Waals surface area contributed by atoms with Crippen molar-refractivity contribution < 1.29 is 4.79 Å². The molecule has 0 aromatic heterocycles. The Morgan fingerprint density at radius 2 is 1.62 bits per heavy atom. The first kappa shape index (κ1) is 16.1. The average Bonchev–Trinajstić information content (AvgIpc) is 2.63. The molecule has 0 heterocycles. The summed E-state index contributed by atoms with van der Waals surface area (Å²) < 4.78 is 0. The first-order valence-electron chi connectivity index (χ1n) is 8.23. The van der Waals surface area contributed by atoms with Gasteiger partial charge < -0.3 is 10.2 Å². The van der Waals surface area contributed by atoms with Gasteiger partial charge in [-0.2, -0.15) is 0 Å². The lowest BCUT2D eigenvalue weighted by molar-refractivity contribution is -0.120. The maximum atomic E-state index is 12.2. The molecule has 3 aromatic carbocycles. The minimum absolute atomic E-state index is 0.0628. The second-order valence-electron chi connectivity index (χ2n) is 5.92. The summed E-state index contributed by atoms with van der Waals surface area (Å²) >= 11 is 0. The summed E-state index contributed by atoms with van der Waals surface area (Å²) in [5.41, 5.74) is 2.22. The molecule has 3 heteroatoms. The van der Waals surface area contributed by atoms with Gasteiger partial charge in [-0.05, 0) is 28.5 Å². The third-order valence-corrected chi connectivity index (χ3v) is 4.20. The Morgan fingerprint density at radius 3 is 2.46 bits per heavy atom. The summed E-state index contributed by atoms with van der Waals surface area (Å²) in [6.07, 6.45) is 0.413. The normalized spacial score (nSPS) is 10.5. The first-order chi connectivity index (χ1) is 11.7. The monoisotopic (exact) mass is 318 g/mol. The predicted molar refractivity (Wildman–Crippen MR) is 100 cm³/mol. The Balaban J connectivity index is 1.54. The highest BCUT2D eigenvalue weighted by atomic mass is 16.1. The van der Waals surface area contributed by atoms with Crippen LogP contribution in [-0.4, -0.2) is 26.0 Å². The number of rotatable bonds is 6. The topological polar surface area (TPSA) is 32.3 Å². The average molecular weight is 318 g/mol. The number of likely N-dealkylation sites (N-methyl/N-ethyl adjacent to an activating group) is 1. The fraction of sp³-hybridized carbons (Fsp3) is 0.190. The Hall–Kier alpha value is -2.81. The molecular formula is C21H22N2O. The van der Waals surface area contributed by atoms with Crippen molar-refractivity contribution in [2.24, 2.45) is 0 Å². The van der Waals surface area contributed by atoms with Crippen molar-refractivity contribution in [2.45, 2.75) is 6.42 Å². The van der Waals surface area contributed by atoms with Gasteiger partial charge in [0.25, 0.3) is 0 Å². The van der Waals surface area contributed by atoms with Gasteiger partial charge in [0.1, 0.15) is 0 Å². The van der Waals surface area contributed by atoms with E-state index in [-0.39, 0.29) is 5.91 Å². The molecule has 1 N–H and O–H groups in total. The molecule has 0 aliphatic heterocycles. The Kier molecular flexibility index (Phi) is 5.12. The molecule has 1 amide bonds. The van der Waals surface area contributed by atoms with Crippen LogP contribution in [0.3, 0.4) is 0 Å². The fourth-order valence-corrected chi connectivity index (χ4v) is 2.86. The molecule has 0 saturated carbocycles. The van der Waals surface area contributed by atoms with E-state index >= 15 is 0 Å². The third-order valence-electron chi connectivity index (χ3n) is 4.20. The van der Waals surface area contributed by atoms with Gasteiger partial charge in [-0.15, -0.1) is 0 Å². The van der Waals surface area contributed by atoms with Gasteiger partial charge in [-0.3, -0.25) is 4.79 Å². The van der Waals surface area contributed by atoms with Crippen LogP contribution in [0.1, 0.15) is 5.56 Å². The Morgan fingerprint density at radius 1 is 0.917 bits per heavy atom. The number of carbonyl (C=O) groups excluding carboxylic acids is 1. The van der Waals surface area contributed by atoms with E-state index in [2.05, 4.69) is 40.5 Å². The van der Waals surface area contributed by atoms with Crippen molar-refractivity contribution in [3.05, 3.63) is 78.4 Å². The summed E-state index contributed by atoms with van der Waals surface area (Å²) in [5.74, 6) is 0.0628. The molecule has 0 atom stereocenters. The van der Waals surface area contributed by atoms with Gasteiger partial charge >= 0.3 is 0 Å². The van der Waals surface area contributed by atoms with Gasteiger partial charge in [-0.1, -0.05) is 60.7 Å². The van der Waals surface area contributed by atoms with Crippen molar-refractivity contribution in [3.8, 4) is 0 Å². The van der Waals surface area contributed by atoms with Crippen molar-refractivity contribution in [2.75, 3.05) is 25.0 Å². The van der Waals surface area contributed by atoms with E-state index in [0.717, 1.165) is 23.2 Å². The van der Waals surface area contributed by atoms with Gasteiger partial charge in [0.15, 0.2) is 0 Å². The highest BCUT2D eigenvalue weighted by molar-refractivity contribution is 5.90. The molecule has 3 rings (SSSR count). The van der Waals surface area contributed by atoms with E-state index in [9.17, 15) is 4.79 Å². The van der Waals surface area contributed by atoms with Crippen LogP contribution in [0.15, 0.2) is 72.8 Å². The maximum absolute atomic E-state index is 12.2. The summed E-state index contributed by atoms with van der Waals surface area (Å²) in [5, 5.41) is 5.34. The molecule has 0 fully saturated rings.